The molecule has 1 aromatic carbocycles. The summed E-state index contributed by atoms with van der Waals surface area (Å²) < 4.78 is 4.84. The molecule has 0 heterocycles. The van der Waals surface area contributed by atoms with Crippen molar-refractivity contribution in [3.05, 3.63) is 66.8 Å². The Bertz CT molecular complexity index is 510. The van der Waals surface area contributed by atoms with Crippen molar-refractivity contribution in [1.82, 2.24) is 0 Å². The predicted octanol–water partition coefficient (Wildman–Crippen LogP) is 4.30. The third kappa shape index (κ3) is 9.92. The van der Waals surface area contributed by atoms with E-state index in [0.717, 1.165) is 12.8 Å². The summed E-state index contributed by atoms with van der Waals surface area (Å²) in [5.74, 6) is -0.458. The number of ether oxygens (including phenoxy) is 1. The van der Waals surface area contributed by atoms with Crippen molar-refractivity contribution >= 4 is 12.0 Å². The third-order valence-electron chi connectivity index (χ3n) is 2.39. The SMILES string of the molecule is C=C(C=CC#N)C(=O)OCCCC.C=Cc1ccccc1. The minimum atomic E-state index is -0.458. The van der Waals surface area contributed by atoms with Crippen LogP contribution in [-0.2, 0) is 9.53 Å². The van der Waals surface area contributed by atoms with Crippen molar-refractivity contribution in [2.75, 3.05) is 6.61 Å². The zero-order chi connectivity index (χ0) is 15.9. The minimum absolute atomic E-state index is 0.206. The molecule has 0 atom stereocenters. The molecule has 0 saturated carbocycles. The number of nitriles is 1. The fraction of sp³-hybridized carbons (Fsp3) is 0.222. The Labute approximate surface area is 126 Å². The van der Waals surface area contributed by atoms with Gasteiger partial charge in [0.15, 0.2) is 0 Å². The molecule has 0 spiro atoms. The molecule has 0 aliphatic carbocycles. The number of allylic oxidation sites excluding steroid dienone is 1. The number of esters is 1. The van der Waals surface area contributed by atoms with Crippen LogP contribution in [0.4, 0.5) is 0 Å². The van der Waals surface area contributed by atoms with Gasteiger partial charge in [0, 0.05) is 6.08 Å². The highest BCUT2D eigenvalue weighted by atomic mass is 16.5. The Morgan fingerprint density at radius 3 is 2.52 bits per heavy atom. The summed E-state index contributed by atoms with van der Waals surface area (Å²) in [6.07, 6.45) is 6.20. The fourth-order valence-electron chi connectivity index (χ4n) is 1.20. The molecule has 0 amide bonds. The van der Waals surface area contributed by atoms with Gasteiger partial charge in [-0.3, -0.25) is 0 Å². The van der Waals surface area contributed by atoms with Crippen LogP contribution in [-0.4, -0.2) is 12.6 Å². The first-order chi connectivity index (χ1) is 10.2. The summed E-state index contributed by atoms with van der Waals surface area (Å²) in [5, 5.41) is 8.18. The smallest absolute Gasteiger partial charge is 0.337 e. The van der Waals surface area contributed by atoms with Crippen molar-refractivity contribution in [3.63, 3.8) is 0 Å². The van der Waals surface area contributed by atoms with Crippen molar-refractivity contribution in [2.45, 2.75) is 19.8 Å². The highest BCUT2D eigenvalue weighted by Crippen LogP contribution is 1.98. The van der Waals surface area contributed by atoms with Crippen LogP contribution in [0.3, 0.4) is 0 Å². The van der Waals surface area contributed by atoms with E-state index in [2.05, 4.69) is 13.2 Å². The van der Waals surface area contributed by atoms with Crippen LogP contribution in [0, 0.1) is 11.3 Å². The summed E-state index contributed by atoms with van der Waals surface area (Å²) >= 11 is 0. The molecule has 0 bridgehead atoms. The monoisotopic (exact) mass is 283 g/mol. The van der Waals surface area contributed by atoms with E-state index in [1.807, 2.05) is 43.3 Å². The van der Waals surface area contributed by atoms with Gasteiger partial charge in [0.25, 0.3) is 0 Å². The van der Waals surface area contributed by atoms with Gasteiger partial charge in [-0.1, -0.05) is 62.9 Å². The molecular weight excluding hydrogens is 262 g/mol. The largest absolute Gasteiger partial charge is 0.462 e. The second-order valence-corrected chi connectivity index (χ2v) is 4.09. The van der Waals surface area contributed by atoms with Crippen LogP contribution in [0.2, 0.25) is 0 Å². The molecule has 3 nitrogen and oxygen atoms in total. The zero-order valence-corrected chi connectivity index (χ0v) is 12.4. The van der Waals surface area contributed by atoms with Gasteiger partial charge < -0.3 is 4.74 Å². The molecule has 0 saturated heterocycles. The summed E-state index contributed by atoms with van der Waals surface area (Å²) in [5.41, 5.74) is 1.38. The van der Waals surface area contributed by atoms with Crippen LogP contribution in [0.25, 0.3) is 6.08 Å². The number of rotatable bonds is 6. The molecule has 0 unspecified atom stereocenters. The van der Waals surface area contributed by atoms with E-state index < -0.39 is 5.97 Å². The number of hydrogen-bond donors (Lipinski definition) is 0. The molecule has 0 aliphatic rings. The van der Waals surface area contributed by atoms with E-state index in [0.29, 0.717) is 6.61 Å². The van der Waals surface area contributed by atoms with Gasteiger partial charge in [0.2, 0.25) is 0 Å². The normalized spacial score (nSPS) is 9.14. The van der Waals surface area contributed by atoms with E-state index in [1.165, 1.54) is 17.7 Å². The summed E-state index contributed by atoms with van der Waals surface area (Å²) in [7, 11) is 0. The number of benzene rings is 1. The van der Waals surface area contributed by atoms with Gasteiger partial charge in [-0.2, -0.15) is 5.26 Å². The molecule has 0 aliphatic heterocycles. The Morgan fingerprint density at radius 1 is 1.38 bits per heavy atom. The molecule has 3 heteroatoms. The van der Waals surface area contributed by atoms with Crippen LogP contribution >= 0.6 is 0 Å². The van der Waals surface area contributed by atoms with Crippen molar-refractivity contribution < 1.29 is 9.53 Å². The maximum Gasteiger partial charge on any atom is 0.337 e. The van der Waals surface area contributed by atoms with E-state index >= 15 is 0 Å². The second-order valence-electron chi connectivity index (χ2n) is 4.09. The van der Waals surface area contributed by atoms with Crippen LogP contribution in [0.15, 0.2) is 61.2 Å². The minimum Gasteiger partial charge on any atom is -0.462 e. The molecule has 21 heavy (non-hydrogen) atoms. The lowest BCUT2D eigenvalue weighted by Crippen LogP contribution is -2.06. The van der Waals surface area contributed by atoms with Crippen LogP contribution in [0.5, 0.6) is 0 Å². The summed E-state index contributed by atoms with van der Waals surface area (Å²) in [6, 6.07) is 11.8. The van der Waals surface area contributed by atoms with E-state index in [1.54, 1.807) is 6.07 Å². The number of carbonyl (C=O) groups is 1. The van der Waals surface area contributed by atoms with E-state index in [-0.39, 0.29) is 5.57 Å². The number of carbonyl (C=O) groups excluding carboxylic acids is 1. The summed E-state index contributed by atoms with van der Waals surface area (Å²) in [4.78, 5) is 11.0. The lowest BCUT2D eigenvalue weighted by Gasteiger charge is -2.01. The van der Waals surface area contributed by atoms with Crippen molar-refractivity contribution in [1.29, 1.82) is 5.26 Å². The van der Waals surface area contributed by atoms with Gasteiger partial charge in [-0.05, 0) is 18.1 Å². The van der Waals surface area contributed by atoms with Crippen LogP contribution in [0.1, 0.15) is 25.3 Å². The Kier molecular flexibility index (Phi) is 10.9. The van der Waals surface area contributed by atoms with Gasteiger partial charge >= 0.3 is 5.97 Å². The zero-order valence-electron chi connectivity index (χ0n) is 12.4. The molecular formula is C18H21NO2. The van der Waals surface area contributed by atoms with Gasteiger partial charge in [-0.25, -0.2) is 4.79 Å². The van der Waals surface area contributed by atoms with Crippen molar-refractivity contribution in [2.24, 2.45) is 0 Å². The average Bonchev–Trinajstić information content (AvgIpc) is 2.54. The standard InChI is InChI=1S/C10H13NO2.C8H8/c1-3-4-8-13-10(12)9(2)6-5-7-11;1-2-8-6-4-3-5-7-8/h5-6H,2-4,8H2,1H3;2-7H,1H2. The Morgan fingerprint density at radius 2 is 2.05 bits per heavy atom. The van der Waals surface area contributed by atoms with Gasteiger partial charge in [-0.15, -0.1) is 0 Å². The molecule has 110 valence electrons. The van der Waals surface area contributed by atoms with Gasteiger partial charge in [0.1, 0.15) is 0 Å². The maximum atomic E-state index is 11.0. The molecule has 0 aromatic heterocycles. The number of unbranched alkanes of at least 4 members (excludes halogenated alkanes) is 1. The Hall–Kier alpha value is -2.60. The Balaban J connectivity index is 0.000000423. The quantitative estimate of drug-likeness (QED) is 0.257. The molecule has 1 rings (SSSR count). The average molecular weight is 283 g/mol. The molecule has 0 fully saturated rings. The lowest BCUT2D eigenvalue weighted by atomic mass is 10.2. The maximum absolute atomic E-state index is 11.0. The fourth-order valence-corrected chi connectivity index (χ4v) is 1.20. The molecule has 1 aromatic rings. The van der Waals surface area contributed by atoms with E-state index in [4.69, 9.17) is 10.00 Å². The highest BCUT2D eigenvalue weighted by Gasteiger charge is 2.03. The third-order valence-corrected chi connectivity index (χ3v) is 2.39. The lowest BCUT2D eigenvalue weighted by molar-refractivity contribution is -0.138. The first-order valence-electron chi connectivity index (χ1n) is 6.75. The topological polar surface area (TPSA) is 50.1 Å². The van der Waals surface area contributed by atoms with Gasteiger partial charge in [0.05, 0.1) is 18.2 Å². The first-order valence-corrected chi connectivity index (χ1v) is 6.75. The highest BCUT2D eigenvalue weighted by molar-refractivity contribution is 5.90. The summed E-state index contributed by atoms with van der Waals surface area (Å²) in [6.45, 7) is 9.51. The van der Waals surface area contributed by atoms with Crippen LogP contribution < -0.4 is 0 Å². The van der Waals surface area contributed by atoms with Crippen molar-refractivity contribution in [3.8, 4) is 6.07 Å². The van der Waals surface area contributed by atoms with E-state index in [9.17, 15) is 4.79 Å². The predicted molar refractivity (Wildman–Crippen MR) is 86.3 cm³/mol. The molecule has 0 radical (unpaired) electrons. The molecule has 0 N–H and O–H groups in total. The first kappa shape index (κ1) is 18.4. The number of nitrogens with zero attached hydrogens (tertiary/aromatic N) is 1. The second kappa shape index (κ2) is 12.4. The number of hydrogen-bond acceptors (Lipinski definition) is 3.